The van der Waals surface area contributed by atoms with Gasteiger partial charge in [-0.05, 0) is 37.5 Å². The van der Waals surface area contributed by atoms with Crippen LogP contribution in [0.3, 0.4) is 0 Å². The molecule has 0 radical (unpaired) electrons. The first-order chi connectivity index (χ1) is 13.7. The molecule has 2 aliphatic rings. The molecule has 3 heterocycles. The van der Waals surface area contributed by atoms with Crippen LogP contribution in [-0.4, -0.2) is 95.6 Å². The Balaban J connectivity index is 0.00000300. The van der Waals surface area contributed by atoms with Crippen molar-refractivity contribution < 1.29 is 9.90 Å². The number of aromatic nitrogens is 1. The molecule has 0 aliphatic carbocycles. The van der Waals surface area contributed by atoms with Crippen LogP contribution in [0.15, 0.2) is 29.5 Å². The van der Waals surface area contributed by atoms with Crippen LogP contribution in [0, 0.1) is 0 Å². The monoisotopic (exact) mass is 516 g/mol. The summed E-state index contributed by atoms with van der Waals surface area (Å²) >= 11 is 0. The molecule has 1 aromatic heterocycles. The molecular weight excluding hydrogens is 483 g/mol. The lowest BCUT2D eigenvalue weighted by molar-refractivity contribution is -0.131. The standard InChI is InChI=1S/C20H32N6O2.HI/c1-2-22-20(23-15-18(27)17-5-7-21-8-6-17)26-13-11-24(12-14-26)16-19(28)25-9-3-4-10-25;/h5-8,18,27H,2-4,9-16H2,1H3,(H,22,23);1H. The molecule has 0 aromatic carbocycles. The molecule has 9 heteroatoms. The smallest absolute Gasteiger partial charge is 0.236 e. The largest absolute Gasteiger partial charge is 0.386 e. The Bertz CT molecular complexity index is 646. The van der Waals surface area contributed by atoms with Gasteiger partial charge in [-0.15, -0.1) is 24.0 Å². The third-order valence-electron chi connectivity index (χ3n) is 5.33. The first-order valence-electron chi connectivity index (χ1n) is 10.3. The summed E-state index contributed by atoms with van der Waals surface area (Å²) in [5.41, 5.74) is 0.819. The van der Waals surface area contributed by atoms with Crippen LogP contribution in [0.2, 0.25) is 0 Å². The van der Waals surface area contributed by atoms with Gasteiger partial charge in [0.15, 0.2) is 5.96 Å². The van der Waals surface area contributed by atoms with Crippen LogP contribution in [0.25, 0.3) is 0 Å². The number of hydrogen-bond donors (Lipinski definition) is 2. The van der Waals surface area contributed by atoms with Crippen molar-refractivity contribution in [1.29, 1.82) is 0 Å². The van der Waals surface area contributed by atoms with Gasteiger partial charge in [-0.1, -0.05) is 0 Å². The number of aliphatic imine (C=N–C) groups is 1. The zero-order valence-electron chi connectivity index (χ0n) is 17.2. The first-order valence-corrected chi connectivity index (χ1v) is 10.3. The summed E-state index contributed by atoms with van der Waals surface area (Å²) in [6, 6.07) is 3.62. The highest BCUT2D eigenvalue weighted by molar-refractivity contribution is 14.0. The van der Waals surface area contributed by atoms with E-state index in [1.165, 1.54) is 0 Å². The normalized spacial score (nSPS) is 19.0. The summed E-state index contributed by atoms with van der Waals surface area (Å²) in [7, 11) is 0. The Labute approximate surface area is 190 Å². The number of likely N-dealkylation sites (tertiary alicyclic amines) is 1. The lowest BCUT2D eigenvalue weighted by Crippen LogP contribution is -2.54. The number of nitrogens with one attached hydrogen (secondary N) is 1. The lowest BCUT2D eigenvalue weighted by Gasteiger charge is -2.36. The molecule has 29 heavy (non-hydrogen) atoms. The summed E-state index contributed by atoms with van der Waals surface area (Å²) in [5, 5.41) is 13.7. The number of piperazine rings is 1. The molecule has 0 spiro atoms. The number of halogens is 1. The van der Waals surface area contributed by atoms with E-state index >= 15 is 0 Å². The van der Waals surface area contributed by atoms with E-state index in [9.17, 15) is 9.90 Å². The van der Waals surface area contributed by atoms with E-state index in [2.05, 4.69) is 25.1 Å². The number of carbonyl (C=O) groups excluding carboxylic acids is 1. The summed E-state index contributed by atoms with van der Waals surface area (Å²) < 4.78 is 0. The van der Waals surface area contributed by atoms with Crippen LogP contribution in [-0.2, 0) is 4.79 Å². The van der Waals surface area contributed by atoms with E-state index in [-0.39, 0.29) is 29.9 Å². The van der Waals surface area contributed by atoms with Crippen LogP contribution in [0.4, 0.5) is 0 Å². The maximum atomic E-state index is 12.3. The van der Waals surface area contributed by atoms with E-state index in [0.717, 1.165) is 70.2 Å². The number of aliphatic hydroxyl groups is 1. The van der Waals surface area contributed by atoms with E-state index in [4.69, 9.17) is 0 Å². The Morgan fingerprint density at radius 3 is 2.41 bits per heavy atom. The van der Waals surface area contributed by atoms with E-state index in [1.807, 2.05) is 24.0 Å². The molecule has 1 atom stereocenters. The van der Waals surface area contributed by atoms with Gasteiger partial charge in [0.1, 0.15) is 0 Å². The molecule has 2 aliphatic heterocycles. The minimum atomic E-state index is -0.643. The fourth-order valence-electron chi connectivity index (χ4n) is 3.67. The molecule has 0 bridgehead atoms. The Morgan fingerprint density at radius 2 is 1.79 bits per heavy atom. The number of nitrogens with zero attached hydrogens (tertiary/aromatic N) is 5. The molecule has 1 amide bonds. The van der Waals surface area contributed by atoms with Crippen molar-refractivity contribution in [2.45, 2.75) is 25.9 Å². The maximum absolute atomic E-state index is 12.3. The van der Waals surface area contributed by atoms with Gasteiger partial charge >= 0.3 is 0 Å². The van der Waals surface area contributed by atoms with E-state index < -0.39 is 6.10 Å². The average molecular weight is 516 g/mol. The number of guanidine groups is 1. The Hall–Kier alpha value is -1.46. The van der Waals surface area contributed by atoms with Crippen molar-refractivity contribution in [2.75, 3.05) is 58.9 Å². The highest BCUT2D eigenvalue weighted by atomic mass is 127. The molecule has 1 unspecified atom stereocenters. The molecule has 1 aromatic rings. The molecule has 8 nitrogen and oxygen atoms in total. The summed E-state index contributed by atoms with van der Waals surface area (Å²) in [5.74, 6) is 1.08. The number of carbonyl (C=O) groups is 1. The number of amides is 1. The molecule has 162 valence electrons. The summed E-state index contributed by atoms with van der Waals surface area (Å²) in [6.45, 7) is 8.80. The topological polar surface area (TPSA) is 84.3 Å². The average Bonchev–Trinajstić information content (AvgIpc) is 3.27. The number of hydrogen-bond acceptors (Lipinski definition) is 5. The minimum Gasteiger partial charge on any atom is -0.386 e. The molecular formula is C20H33IN6O2. The Morgan fingerprint density at radius 1 is 1.14 bits per heavy atom. The predicted octanol–water partition coefficient (Wildman–Crippen LogP) is 0.938. The van der Waals surface area contributed by atoms with Crippen molar-refractivity contribution in [1.82, 2.24) is 25.0 Å². The maximum Gasteiger partial charge on any atom is 0.236 e. The van der Waals surface area contributed by atoms with Gasteiger partial charge in [-0.3, -0.25) is 19.7 Å². The van der Waals surface area contributed by atoms with Gasteiger partial charge in [-0.2, -0.15) is 0 Å². The predicted molar refractivity (Wildman–Crippen MR) is 124 cm³/mol. The van der Waals surface area contributed by atoms with Crippen molar-refractivity contribution in [3.63, 3.8) is 0 Å². The molecule has 2 saturated heterocycles. The van der Waals surface area contributed by atoms with E-state index in [0.29, 0.717) is 13.1 Å². The number of rotatable bonds is 6. The number of aliphatic hydroxyl groups excluding tert-OH is 1. The fraction of sp³-hybridized carbons (Fsp3) is 0.650. The quantitative estimate of drug-likeness (QED) is 0.333. The third-order valence-corrected chi connectivity index (χ3v) is 5.33. The SMILES string of the molecule is CCNC(=NCC(O)c1ccncc1)N1CCN(CC(=O)N2CCCC2)CC1.I. The molecule has 2 fully saturated rings. The summed E-state index contributed by atoms with van der Waals surface area (Å²) in [4.78, 5) is 27.4. The summed E-state index contributed by atoms with van der Waals surface area (Å²) in [6.07, 6.45) is 4.98. The number of pyridine rings is 1. The van der Waals surface area contributed by atoms with Crippen LogP contribution in [0.5, 0.6) is 0 Å². The highest BCUT2D eigenvalue weighted by Gasteiger charge is 2.24. The second-order valence-corrected chi connectivity index (χ2v) is 7.34. The second-order valence-electron chi connectivity index (χ2n) is 7.34. The zero-order valence-corrected chi connectivity index (χ0v) is 19.5. The second kappa shape index (κ2) is 12.3. The molecule has 3 rings (SSSR count). The molecule has 0 saturated carbocycles. The van der Waals surface area contributed by atoms with E-state index in [1.54, 1.807) is 12.4 Å². The minimum absolute atomic E-state index is 0. The molecule has 2 N–H and O–H groups in total. The van der Waals surface area contributed by atoms with Crippen molar-refractivity contribution in [3.8, 4) is 0 Å². The Kier molecular flexibility index (Phi) is 10.1. The van der Waals surface area contributed by atoms with Crippen LogP contribution >= 0.6 is 24.0 Å². The fourth-order valence-corrected chi connectivity index (χ4v) is 3.67. The van der Waals surface area contributed by atoms with Crippen molar-refractivity contribution in [3.05, 3.63) is 30.1 Å². The van der Waals surface area contributed by atoms with Crippen molar-refractivity contribution >= 4 is 35.8 Å². The van der Waals surface area contributed by atoms with Gasteiger partial charge in [0.2, 0.25) is 5.91 Å². The van der Waals surface area contributed by atoms with Crippen molar-refractivity contribution in [2.24, 2.45) is 4.99 Å². The third kappa shape index (κ3) is 7.07. The highest BCUT2D eigenvalue weighted by Crippen LogP contribution is 2.12. The van der Waals surface area contributed by atoms with Gasteiger partial charge in [0.25, 0.3) is 0 Å². The van der Waals surface area contributed by atoms with Gasteiger partial charge < -0.3 is 20.2 Å². The van der Waals surface area contributed by atoms with Gasteiger partial charge in [0.05, 0.1) is 19.2 Å². The van der Waals surface area contributed by atoms with Crippen LogP contribution < -0.4 is 5.32 Å². The zero-order chi connectivity index (χ0) is 19.8. The lowest BCUT2D eigenvalue weighted by atomic mass is 10.1. The first kappa shape index (κ1) is 23.8. The van der Waals surface area contributed by atoms with Gasteiger partial charge in [-0.25, -0.2) is 0 Å². The van der Waals surface area contributed by atoms with Crippen LogP contribution in [0.1, 0.15) is 31.4 Å². The van der Waals surface area contributed by atoms with Gasteiger partial charge in [0, 0.05) is 58.2 Å².